The van der Waals surface area contributed by atoms with E-state index in [0.29, 0.717) is 0 Å². The Morgan fingerprint density at radius 2 is 1.54 bits per heavy atom. The molecule has 0 saturated carbocycles. The largest absolute Gasteiger partial charge is 1.00 e. The van der Waals surface area contributed by atoms with Crippen molar-refractivity contribution >= 4 is 30.1 Å². The molecule has 0 nitrogen and oxygen atoms in total. The zero-order valence-electron chi connectivity index (χ0n) is 18.7. The summed E-state index contributed by atoms with van der Waals surface area (Å²) in [5.74, 6) is 0. The number of fused-ring (bicyclic) bond motifs is 1. The first-order valence-electron chi connectivity index (χ1n) is 9.28. The molecule has 0 aliphatic heterocycles. The van der Waals surface area contributed by atoms with E-state index >= 15 is 0 Å². The average molecular weight is 531 g/mol. The molecule has 0 bridgehead atoms. The fourth-order valence-corrected chi connectivity index (χ4v) is 3.13. The zero-order chi connectivity index (χ0) is 20.2. The first-order valence-corrected chi connectivity index (χ1v) is 17.8. The molecule has 156 valence electrons. The third-order valence-electron chi connectivity index (χ3n) is 3.06. The van der Waals surface area contributed by atoms with E-state index in [1.807, 2.05) is 0 Å². The summed E-state index contributed by atoms with van der Waals surface area (Å²) in [7, 11) is -1.90. The van der Waals surface area contributed by atoms with E-state index in [1.54, 1.807) is 24.2 Å². The normalized spacial score (nSPS) is 11.1. The maximum absolute atomic E-state index is 3.26. The van der Waals surface area contributed by atoms with E-state index in [-0.39, 0.29) is 24.8 Å². The summed E-state index contributed by atoms with van der Waals surface area (Å²) in [6.07, 6.45) is 7.56. The molecule has 28 heavy (non-hydrogen) atoms. The van der Waals surface area contributed by atoms with Crippen LogP contribution in [-0.4, -0.2) is 19.4 Å². The van der Waals surface area contributed by atoms with Crippen LogP contribution in [0.2, 0.25) is 45.3 Å². The quantitative estimate of drug-likeness (QED) is 0.319. The Morgan fingerprint density at radius 3 is 2.00 bits per heavy atom. The summed E-state index contributed by atoms with van der Waals surface area (Å²) in [5, 5.41) is 2.66. The molecule has 0 spiro atoms. The topological polar surface area (TPSA) is 0 Å². The van der Waals surface area contributed by atoms with Gasteiger partial charge in [0.15, 0.2) is 0 Å². The van der Waals surface area contributed by atoms with Gasteiger partial charge in [-0.2, -0.15) is 23.6 Å². The van der Waals surface area contributed by atoms with Gasteiger partial charge in [0, 0.05) is 8.07 Å². The molecule has 0 atom stereocenters. The van der Waals surface area contributed by atoms with Crippen molar-refractivity contribution in [2.24, 2.45) is 0 Å². The van der Waals surface area contributed by atoms with Crippen LogP contribution >= 0.6 is 0 Å². The van der Waals surface area contributed by atoms with Crippen molar-refractivity contribution in [2.45, 2.75) is 59.2 Å². The van der Waals surface area contributed by atoms with Crippen molar-refractivity contribution in [1.82, 2.24) is 0 Å². The van der Waals surface area contributed by atoms with Crippen LogP contribution in [0.1, 0.15) is 13.8 Å². The van der Waals surface area contributed by atoms with Crippen molar-refractivity contribution in [3.8, 4) is 0 Å². The van der Waals surface area contributed by atoms with Gasteiger partial charge >= 0.3 is 41.3 Å². The molecule has 0 saturated heterocycles. The minimum atomic E-state index is -1.00. The van der Waals surface area contributed by atoms with Gasteiger partial charge in [0.2, 0.25) is 0 Å². The van der Waals surface area contributed by atoms with Crippen LogP contribution in [-0.2, 0) is 24.2 Å². The fraction of sp³-hybridized carbons (Fsp3) is 0.391. The third kappa shape index (κ3) is 22.4. The van der Waals surface area contributed by atoms with E-state index in [1.165, 1.54) is 20.0 Å². The van der Waals surface area contributed by atoms with E-state index < -0.39 is 16.1 Å². The number of halogens is 2. The maximum atomic E-state index is 3.26. The summed E-state index contributed by atoms with van der Waals surface area (Å²) in [6.45, 7) is 18.4. The predicted molar refractivity (Wildman–Crippen MR) is 124 cm³/mol. The monoisotopic (exact) mass is 528 g/mol. The maximum Gasteiger partial charge on any atom is 0.0465 e. The Balaban J connectivity index is -0.000000363. The minimum absolute atomic E-state index is 0. The fourth-order valence-electron chi connectivity index (χ4n) is 1.80. The molecule has 0 aliphatic rings. The van der Waals surface area contributed by atoms with Crippen molar-refractivity contribution in [3.05, 3.63) is 66.4 Å². The summed E-state index contributed by atoms with van der Waals surface area (Å²) < 4.78 is 1.51. The van der Waals surface area contributed by atoms with Crippen molar-refractivity contribution in [1.29, 1.82) is 0 Å². The SMILES string of the molecule is C[C](C)=[Zr+2].C[Si](C)(C)C=C[C-]=CC[Si](C)(C)C.[Cl-].[Cl-].c1ccc2[cH-]ccc2c1. The van der Waals surface area contributed by atoms with Gasteiger partial charge in [-0.15, -0.1) is 29.7 Å². The van der Waals surface area contributed by atoms with E-state index in [9.17, 15) is 0 Å². The van der Waals surface area contributed by atoms with Gasteiger partial charge in [0.05, 0.1) is 0 Å². The number of allylic oxidation sites excluding steroid dienone is 3. The number of hydrogen-bond donors (Lipinski definition) is 0. The van der Waals surface area contributed by atoms with Crippen molar-refractivity contribution in [3.63, 3.8) is 0 Å². The molecule has 2 aromatic carbocycles. The minimum Gasteiger partial charge on any atom is -1.00 e. The second-order valence-corrected chi connectivity index (χ2v) is 22.0. The Kier molecular flexibility index (Phi) is 19.7. The van der Waals surface area contributed by atoms with Gasteiger partial charge in [-0.25, -0.2) is 11.8 Å². The van der Waals surface area contributed by atoms with Crippen molar-refractivity contribution in [2.75, 3.05) is 0 Å². The molecular weight excluding hydrogens is 495 g/mol. The van der Waals surface area contributed by atoms with Gasteiger partial charge in [-0.3, -0.25) is 6.08 Å². The number of rotatable bonds is 4. The summed E-state index contributed by atoms with van der Waals surface area (Å²) in [6, 6.07) is 15.9. The molecule has 0 fully saturated rings. The van der Waals surface area contributed by atoms with Gasteiger partial charge < -0.3 is 24.8 Å². The first-order chi connectivity index (χ1) is 11.9. The van der Waals surface area contributed by atoms with E-state index in [0.717, 1.165) is 0 Å². The van der Waals surface area contributed by atoms with Gasteiger partial charge in [0.25, 0.3) is 0 Å². The molecule has 0 unspecified atom stereocenters. The van der Waals surface area contributed by atoms with Crippen LogP contribution in [0.15, 0.2) is 60.3 Å². The Labute approximate surface area is 203 Å². The van der Waals surface area contributed by atoms with Crippen LogP contribution in [0.3, 0.4) is 0 Å². The summed E-state index contributed by atoms with van der Waals surface area (Å²) in [4.78, 5) is 0. The molecule has 0 heterocycles. The Hall–Kier alpha value is 0.0769. The molecule has 0 N–H and O–H groups in total. The van der Waals surface area contributed by atoms with Crippen LogP contribution in [0, 0.1) is 6.08 Å². The summed E-state index contributed by atoms with van der Waals surface area (Å²) in [5.41, 5.74) is 2.33. The molecule has 0 radical (unpaired) electrons. The van der Waals surface area contributed by atoms with Crippen LogP contribution < -0.4 is 24.8 Å². The third-order valence-corrected chi connectivity index (χ3v) is 5.65. The predicted octanol–water partition coefficient (Wildman–Crippen LogP) is 1.43. The molecular formula is C23H36Cl2Si2Zr-2. The van der Waals surface area contributed by atoms with Crippen LogP contribution in [0.4, 0.5) is 0 Å². The van der Waals surface area contributed by atoms with Crippen molar-refractivity contribution < 1.29 is 49.0 Å². The molecule has 5 heteroatoms. The van der Waals surface area contributed by atoms with Crippen LogP contribution in [0.25, 0.3) is 10.8 Å². The second kappa shape index (κ2) is 16.8. The smallest absolute Gasteiger partial charge is 0.0465 e. The standard InChI is InChI=1S/C11H23Si2.C9H7.C3H6.2ClH.Zr/c1-12(2,3)10-8-7-9-11-13(4,5)6;1-2-5-9-7-3-6-8(9)4-1;1-3-2;;;/h8-10H,11H2,1-6H3;1-7H;1-2H3;2*1H;/q2*-1;;;;+2/p-2. The van der Waals surface area contributed by atoms with Gasteiger partial charge in [-0.05, 0) is 8.07 Å². The van der Waals surface area contributed by atoms with Gasteiger partial charge in [0.1, 0.15) is 0 Å². The number of benzene rings is 1. The van der Waals surface area contributed by atoms with E-state index in [2.05, 4.69) is 120 Å². The van der Waals surface area contributed by atoms with E-state index in [4.69, 9.17) is 0 Å². The zero-order valence-corrected chi connectivity index (χ0v) is 24.7. The first kappa shape index (κ1) is 32.7. The number of hydrogen-bond acceptors (Lipinski definition) is 0. The second-order valence-electron chi connectivity index (χ2n) is 8.99. The Morgan fingerprint density at radius 1 is 1.00 bits per heavy atom. The molecule has 0 aromatic heterocycles. The Bertz CT molecular complexity index is 671. The van der Waals surface area contributed by atoms with Gasteiger partial charge in [-0.1, -0.05) is 51.4 Å². The van der Waals surface area contributed by atoms with Crippen LogP contribution in [0.5, 0.6) is 0 Å². The molecule has 2 aromatic rings. The molecule has 0 amide bonds. The average Bonchev–Trinajstić information content (AvgIpc) is 2.93. The molecule has 2 rings (SSSR count). The molecule has 0 aliphatic carbocycles. The summed E-state index contributed by atoms with van der Waals surface area (Å²) >= 11 is 1.55.